The molecular weight excluding hydrogens is 555 g/mol. The summed E-state index contributed by atoms with van der Waals surface area (Å²) in [6, 6.07) is 16.2. The molecule has 12 heteroatoms. The number of amides is 1. The number of hydrogen-bond donors (Lipinski definition) is 1. The number of anilines is 1. The lowest BCUT2D eigenvalue weighted by atomic mass is 10.00. The molecule has 226 valence electrons. The van der Waals surface area contributed by atoms with Crippen LogP contribution in [0.15, 0.2) is 75.8 Å². The molecule has 0 radical (unpaired) electrons. The lowest BCUT2D eigenvalue weighted by Crippen LogP contribution is -2.23. The number of carbonyl (C=O) groups excluding carboxylic acids is 2. The molecule has 9 nitrogen and oxygen atoms in total. The van der Waals surface area contributed by atoms with E-state index in [1.54, 1.807) is 31.2 Å². The number of unbranched alkanes of at least 4 members (excludes halogenated alkanes) is 1. The molecule has 0 aromatic heterocycles. The van der Waals surface area contributed by atoms with Crippen LogP contribution in [0.1, 0.15) is 42.1 Å². The highest BCUT2D eigenvalue weighted by molar-refractivity contribution is 6.25. The van der Waals surface area contributed by atoms with E-state index in [0.717, 1.165) is 30.7 Å². The Labute approximate surface area is 251 Å². The summed E-state index contributed by atoms with van der Waals surface area (Å²) in [5.74, 6) is -3.54. The molecule has 0 aliphatic heterocycles. The van der Waals surface area contributed by atoms with Gasteiger partial charge in [0.15, 0.2) is 23.2 Å². The van der Waals surface area contributed by atoms with E-state index in [4.69, 9.17) is 9.39 Å². The molecule has 0 aliphatic carbocycles. The molecule has 3 aromatic carbocycles. The minimum absolute atomic E-state index is 0.111. The molecule has 0 unspecified atom stereocenters. The number of rotatable bonds is 17. The summed E-state index contributed by atoms with van der Waals surface area (Å²) in [5.41, 5.74) is 2.86. The fourth-order valence-corrected chi connectivity index (χ4v) is 3.98. The van der Waals surface area contributed by atoms with Crippen LogP contribution >= 0.6 is 0 Å². The summed E-state index contributed by atoms with van der Waals surface area (Å²) >= 11 is 0. The Morgan fingerprint density at radius 2 is 1.58 bits per heavy atom. The molecule has 1 atom stereocenters. The predicted molar refractivity (Wildman–Crippen MR) is 165 cm³/mol. The molecule has 1 N–H and O–H groups in total. The number of Topliss-reactive ketones (excluding diaryl/α,β-unsaturated/α-hetero) is 1. The van der Waals surface area contributed by atoms with Crippen LogP contribution < -0.4 is 15.0 Å². The summed E-state index contributed by atoms with van der Waals surface area (Å²) in [6.07, 6.45) is 2.13. The first-order valence-corrected chi connectivity index (χ1v) is 13.9. The van der Waals surface area contributed by atoms with Crippen molar-refractivity contribution in [2.24, 2.45) is 21.0 Å². The summed E-state index contributed by atoms with van der Waals surface area (Å²) in [7, 11) is 4.14. The molecule has 0 saturated heterocycles. The van der Waals surface area contributed by atoms with Crippen molar-refractivity contribution in [1.82, 2.24) is 5.32 Å². The van der Waals surface area contributed by atoms with Gasteiger partial charge in [-0.25, -0.2) is 8.78 Å². The largest absolute Gasteiger partial charge is 0.480 e. The smallest absolute Gasteiger partial charge is 0.414 e. The fourth-order valence-electron chi connectivity index (χ4n) is 3.98. The van der Waals surface area contributed by atoms with Gasteiger partial charge in [-0.3, -0.25) is 9.59 Å². The van der Waals surface area contributed by atoms with Crippen LogP contribution in [0.5, 0.6) is 5.75 Å². The van der Waals surface area contributed by atoms with Crippen molar-refractivity contribution >= 4 is 43.1 Å². The average molecular weight is 591 g/mol. The molecule has 0 heterocycles. The minimum Gasteiger partial charge on any atom is -0.480 e. The van der Waals surface area contributed by atoms with Crippen LogP contribution in [0, 0.1) is 17.6 Å². The van der Waals surface area contributed by atoms with E-state index in [1.165, 1.54) is 0 Å². The van der Waals surface area contributed by atoms with Crippen LogP contribution in [0.3, 0.4) is 0 Å². The second kappa shape index (κ2) is 16.9. The van der Waals surface area contributed by atoms with Crippen molar-refractivity contribution in [3.05, 3.63) is 83.4 Å². The average Bonchev–Trinajstić information content (AvgIpc) is 3.00. The van der Waals surface area contributed by atoms with E-state index < -0.39 is 29.9 Å². The zero-order valence-corrected chi connectivity index (χ0v) is 24.7. The van der Waals surface area contributed by atoms with Crippen LogP contribution in [0.2, 0.25) is 0 Å². The van der Waals surface area contributed by atoms with Gasteiger partial charge in [-0.15, -0.1) is 0 Å². The van der Waals surface area contributed by atoms with Crippen molar-refractivity contribution in [3.63, 3.8) is 0 Å². The van der Waals surface area contributed by atoms with E-state index in [2.05, 4.69) is 27.2 Å². The molecule has 0 fully saturated rings. The molecule has 0 saturated carbocycles. The molecule has 43 heavy (non-hydrogen) atoms. The Hall–Kier alpha value is -4.45. The van der Waals surface area contributed by atoms with E-state index >= 15 is 0 Å². The normalized spacial score (nSPS) is 11.7. The number of nitrogens with zero attached hydrogens (tertiary/aromatic N) is 4. The monoisotopic (exact) mass is 591 g/mol. The topological polar surface area (TPSA) is 105 Å². The predicted octanol–water partition coefficient (Wildman–Crippen LogP) is 6.11. The number of ketones is 1. The van der Waals surface area contributed by atoms with Gasteiger partial charge in [0.25, 0.3) is 5.91 Å². The van der Waals surface area contributed by atoms with Crippen LogP contribution in [-0.2, 0) is 16.0 Å². The first kappa shape index (κ1) is 33.1. The third kappa shape index (κ3) is 10.7. The van der Waals surface area contributed by atoms with Gasteiger partial charge in [-0.2, -0.15) is 10.2 Å². The van der Waals surface area contributed by atoms with Gasteiger partial charge in [0.2, 0.25) is 0 Å². The van der Waals surface area contributed by atoms with E-state index in [1.807, 2.05) is 43.3 Å². The summed E-state index contributed by atoms with van der Waals surface area (Å²) in [4.78, 5) is 30.5. The van der Waals surface area contributed by atoms with Gasteiger partial charge >= 0.3 is 7.62 Å². The highest BCUT2D eigenvalue weighted by Crippen LogP contribution is 2.25. The summed E-state index contributed by atoms with van der Waals surface area (Å²) in [5, 5.41) is 11.0. The van der Waals surface area contributed by atoms with E-state index in [0.29, 0.717) is 30.0 Å². The zero-order valence-electron chi connectivity index (χ0n) is 24.7. The first-order chi connectivity index (χ1) is 20.7. The van der Waals surface area contributed by atoms with Gasteiger partial charge in [0, 0.05) is 44.4 Å². The Morgan fingerprint density at radius 3 is 2.16 bits per heavy atom. The highest BCUT2D eigenvalue weighted by atomic mass is 19.1. The second-order valence-corrected chi connectivity index (χ2v) is 10.1. The van der Waals surface area contributed by atoms with Crippen LogP contribution in [-0.4, -0.2) is 53.3 Å². The Morgan fingerprint density at radius 1 is 0.977 bits per heavy atom. The summed E-state index contributed by atoms with van der Waals surface area (Å²) in [6.45, 7) is 5.04. The summed E-state index contributed by atoms with van der Waals surface area (Å²) < 4.78 is 39.6. The fraction of sp³-hybridized carbons (Fsp3) is 0.323. The quantitative estimate of drug-likeness (QED) is 0.0883. The molecule has 0 bridgehead atoms. The Kier molecular flexibility index (Phi) is 13.0. The minimum atomic E-state index is -0.955. The zero-order chi connectivity index (χ0) is 31.2. The lowest BCUT2D eigenvalue weighted by molar-refractivity contribution is -0.124. The molecule has 0 aliphatic rings. The Bertz CT molecular complexity index is 1380. The van der Waals surface area contributed by atoms with Crippen molar-refractivity contribution < 1.29 is 27.8 Å². The second-order valence-electron chi connectivity index (χ2n) is 10.1. The number of benzene rings is 3. The van der Waals surface area contributed by atoms with Gasteiger partial charge in [0.05, 0.1) is 11.4 Å². The molecule has 0 spiro atoms. The standard InChI is InChI=1S/C31H36BF2N5O4/c1-21(7-5-6-16-43-32-35-2)29(40)20-42-30-27(33)17-22(18-28(30)34)19-36-31(41)23-8-10-24(11-9-23)37-38-25-12-14-26(15-13-25)39(3)4/h8-15,17-18,21,32H,2,5-7,16,19-20H2,1,3-4H3,(H,36,41)/b38-37+/t21-/m0/s1. The third-order valence-corrected chi connectivity index (χ3v) is 6.55. The van der Waals surface area contributed by atoms with E-state index in [-0.39, 0.29) is 31.4 Å². The number of ether oxygens (including phenoxy) is 1. The highest BCUT2D eigenvalue weighted by Gasteiger charge is 2.18. The molecular formula is C31H36BF2N5O4. The Balaban J connectivity index is 1.47. The number of nitrogens with one attached hydrogen (secondary N) is 1. The van der Waals surface area contributed by atoms with Crippen molar-refractivity contribution in [2.75, 3.05) is 32.2 Å². The first-order valence-electron chi connectivity index (χ1n) is 13.9. The van der Waals surface area contributed by atoms with Crippen LogP contribution in [0.25, 0.3) is 0 Å². The number of hydrogen-bond acceptors (Lipinski definition) is 8. The molecule has 1 amide bonds. The van der Waals surface area contributed by atoms with Gasteiger partial charge in [0.1, 0.15) is 6.61 Å². The van der Waals surface area contributed by atoms with Gasteiger partial charge < -0.3 is 24.5 Å². The number of azo groups is 1. The van der Waals surface area contributed by atoms with E-state index in [9.17, 15) is 18.4 Å². The maximum Gasteiger partial charge on any atom is 0.414 e. The van der Waals surface area contributed by atoms with Crippen molar-refractivity contribution in [1.29, 1.82) is 0 Å². The molecule has 3 rings (SSSR count). The van der Waals surface area contributed by atoms with Gasteiger partial charge in [-0.1, -0.05) is 13.3 Å². The number of carbonyl (C=O) groups is 2. The SMILES string of the molecule is C=NBOCCCC[C@H](C)C(=O)COc1c(F)cc(CNC(=O)c2ccc(/N=N/c3ccc(N(C)C)cc3)cc2)cc1F. The number of halogens is 2. The lowest BCUT2D eigenvalue weighted by Gasteiger charge is -2.13. The van der Waals surface area contributed by atoms with Gasteiger partial charge in [-0.05, 0) is 85.8 Å². The van der Waals surface area contributed by atoms with Crippen LogP contribution in [0.4, 0.5) is 25.8 Å². The van der Waals surface area contributed by atoms with Crippen molar-refractivity contribution in [3.8, 4) is 5.75 Å². The maximum absolute atomic E-state index is 14.6. The maximum atomic E-state index is 14.6. The van der Waals surface area contributed by atoms with Crippen molar-refractivity contribution in [2.45, 2.75) is 32.7 Å². The third-order valence-electron chi connectivity index (χ3n) is 6.55. The molecule has 3 aromatic rings.